The highest BCUT2D eigenvalue weighted by molar-refractivity contribution is 5.46. The van der Waals surface area contributed by atoms with Crippen LogP contribution >= 0.6 is 0 Å². The zero-order valence-electron chi connectivity index (χ0n) is 11.5. The molecule has 20 heavy (non-hydrogen) atoms. The fourth-order valence-corrected chi connectivity index (χ4v) is 2.64. The lowest BCUT2D eigenvalue weighted by molar-refractivity contribution is 0.636. The maximum atomic E-state index is 5.65. The van der Waals surface area contributed by atoms with E-state index in [1.54, 1.807) is 12.5 Å². The molecule has 106 valence electrons. The number of hydrogen-bond donors (Lipinski definition) is 2. The highest BCUT2D eigenvalue weighted by atomic mass is 15.3. The van der Waals surface area contributed by atoms with Gasteiger partial charge < -0.3 is 11.1 Å². The van der Waals surface area contributed by atoms with Crippen LogP contribution in [0.5, 0.6) is 0 Å². The monoisotopic (exact) mass is 272 g/mol. The van der Waals surface area contributed by atoms with Crippen LogP contribution in [0.25, 0.3) is 0 Å². The SMILES string of the molecule is Nc1cnn(CCNc2ncnc3c2CCCCC3)c1. The molecule has 3 N–H and O–H groups in total. The van der Waals surface area contributed by atoms with Gasteiger partial charge in [0.15, 0.2) is 0 Å². The Bertz CT molecular complexity index is 577. The van der Waals surface area contributed by atoms with Crippen molar-refractivity contribution in [3.63, 3.8) is 0 Å². The Morgan fingerprint density at radius 1 is 1.20 bits per heavy atom. The summed E-state index contributed by atoms with van der Waals surface area (Å²) in [4.78, 5) is 8.82. The molecule has 0 radical (unpaired) electrons. The molecule has 0 saturated carbocycles. The van der Waals surface area contributed by atoms with E-state index < -0.39 is 0 Å². The first-order valence-corrected chi connectivity index (χ1v) is 7.17. The average Bonchev–Trinajstić information content (AvgIpc) is 2.73. The smallest absolute Gasteiger partial charge is 0.132 e. The summed E-state index contributed by atoms with van der Waals surface area (Å²) in [6.45, 7) is 1.56. The van der Waals surface area contributed by atoms with Gasteiger partial charge in [0.25, 0.3) is 0 Å². The molecule has 0 aromatic carbocycles. The van der Waals surface area contributed by atoms with E-state index in [9.17, 15) is 0 Å². The summed E-state index contributed by atoms with van der Waals surface area (Å²) in [5.74, 6) is 0.983. The van der Waals surface area contributed by atoms with Crippen molar-refractivity contribution in [2.24, 2.45) is 0 Å². The normalized spacial score (nSPS) is 14.6. The Morgan fingerprint density at radius 3 is 2.95 bits per heavy atom. The van der Waals surface area contributed by atoms with Gasteiger partial charge in [0.2, 0.25) is 0 Å². The van der Waals surface area contributed by atoms with Gasteiger partial charge >= 0.3 is 0 Å². The zero-order chi connectivity index (χ0) is 13.8. The Morgan fingerprint density at radius 2 is 2.10 bits per heavy atom. The molecule has 0 fully saturated rings. The number of hydrogen-bond acceptors (Lipinski definition) is 5. The first kappa shape index (κ1) is 12.9. The van der Waals surface area contributed by atoms with Crippen LogP contribution in [0.2, 0.25) is 0 Å². The molecule has 0 amide bonds. The Balaban J connectivity index is 1.65. The van der Waals surface area contributed by atoms with Crippen molar-refractivity contribution in [2.75, 3.05) is 17.6 Å². The lowest BCUT2D eigenvalue weighted by Gasteiger charge is -2.12. The zero-order valence-corrected chi connectivity index (χ0v) is 11.5. The second-order valence-electron chi connectivity index (χ2n) is 5.17. The van der Waals surface area contributed by atoms with Crippen LogP contribution in [0.1, 0.15) is 30.5 Å². The van der Waals surface area contributed by atoms with E-state index in [0.29, 0.717) is 5.69 Å². The van der Waals surface area contributed by atoms with Crippen molar-refractivity contribution < 1.29 is 0 Å². The molecular weight excluding hydrogens is 252 g/mol. The quantitative estimate of drug-likeness (QED) is 0.827. The third-order valence-electron chi connectivity index (χ3n) is 3.66. The van der Waals surface area contributed by atoms with Gasteiger partial charge in [-0.1, -0.05) is 6.42 Å². The van der Waals surface area contributed by atoms with Crippen molar-refractivity contribution in [3.05, 3.63) is 30.0 Å². The van der Waals surface area contributed by atoms with Gasteiger partial charge in [0.1, 0.15) is 12.1 Å². The van der Waals surface area contributed by atoms with Crippen LogP contribution in [0.15, 0.2) is 18.7 Å². The third kappa shape index (κ3) is 2.89. The van der Waals surface area contributed by atoms with Crippen molar-refractivity contribution in [3.8, 4) is 0 Å². The number of nitrogen functional groups attached to an aromatic ring is 1. The topological polar surface area (TPSA) is 81.6 Å². The highest BCUT2D eigenvalue weighted by Crippen LogP contribution is 2.23. The van der Waals surface area contributed by atoms with Crippen molar-refractivity contribution >= 4 is 11.5 Å². The summed E-state index contributed by atoms with van der Waals surface area (Å²) in [7, 11) is 0. The Labute approximate surface area is 118 Å². The molecule has 0 aliphatic heterocycles. The van der Waals surface area contributed by atoms with Crippen molar-refractivity contribution in [1.29, 1.82) is 0 Å². The van der Waals surface area contributed by atoms with E-state index in [1.807, 2.05) is 10.9 Å². The summed E-state index contributed by atoms with van der Waals surface area (Å²) < 4.78 is 1.84. The molecule has 6 nitrogen and oxygen atoms in total. The minimum atomic E-state index is 0.695. The molecule has 0 bridgehead atoms. The predicted molar refractivity (Wildman–Crippen MR) is 78.4 cm³/mol. The van der Waals surface area contributed by atoms with Gasteiger partial charge in [0, 0.05) is 24.0 Å². The van der Waals surface area contributed by atoms with Crippen LogP contribution in [0.3, 0.4) is 0 Å². The molecule has 2 aromatic rings. The standard InChI is InChI=1S/C14H20N6/c15-11-8-19-20(9-11)7-6-16-14-12-4-2-1-3-5-13(12)17-10-18-14/h8-10H,1-7,15H2,(H,16,17,18). The van der Waals surface area contributed by atoms with Gasteiger partial charge in [-0.15, -0.1) is 0 Å². The summed E-state index contributed by atoms with van der Waals surface area (Å²) in [6, 6.07) is 0. The molecule has 0 atom stereocenters. The van der Waals surface area contributed by atoms with Crippen molar-refractivity contribution in [2.45, 2.75) is 38.6 Å². The van der Waals surface area contributed by atoms with E-state index in [4.69, 9.17) is 5.73 Å². The van der Waals surface area contributed by atoms with E-state index in [-0.39, 0.29) is 0 Å². The molecule has 6 heteroatoms. The van der Waals surface area contributed by atoms with Crippen LogP contribution in [0, 0.1) is 0 Å². The predicted octanol–water partition coefficient (Wildman–Crippen LogP) is 1.64. The minimum absolute atomic E-state index is 0.695. The summed E-state index contributed by atoms with van der Waals surface area (Å²) in [5, 5.41) is 7.57. The molecular formula is C14H20N6. The number of aryl methyl sites for hydroxylation is 1. The number of nitrogens with zero attached hydrogens (tertiary/aromatic N) is 4. The number of aromatic nitrogens is 4. The van der Waals surface area contributed by atoms with Crippen LogP contribution in [-0.2, 0) is 19.4 Å². The summed E-state index contributed by atoms with van der Waals surface area (Å²) in [6.07, 6.45) is 11.1. The molecule has 3 rings (SSSR count). The van der Waals surface area contributed by atoms with Gasteiger partial charge in [-0.05, 0) is 25.7 Å². The number of anilines is 2. The lowest BCUT2D eigenvalue weighted by Crippen LogP contribution is -2.14. The summed E-state index contributed by atoms with van der Waals surface area (Å²) in [5.41, 5.74) is 8.85. The Kier molecular flexibility index (Phi) is 3.80. The summed E-state index contributed by atoms with van der Waals surface area (Å²) >= 11 is 0. The van der Waals surface area contributed by atoms with E-state index in [0.717, 1.165) is 31.7 Å². The largest absolute Gasteiger partial charge is 0.396 e. The van der Waals surface area contributed by atoms with E-state index in [1.165, 1.54) is 30.5 Å². The van der Waals surface area contributed by atoms with Crippen LogP contribution in [-0.4, -0.2) is 26.3 Å². The molecule has 1 aliphatic rings. The Hall–Kier alpha value is -2.11. The molecule has 1 aliphatic carbocycles. The molecule has 2 aromatic heterocycles. The molecule has 0 unspecified atom stereocenters. The molecule has 0 spiro atoms. The maximum absolute atomic E-state index is 5.65. The number of nitrogens with two attached hydrogens (primary N) is 1. The average molecular weight is 272 g/mol. The van der Waals surface area contributed by atoms with Gasteiger partial charge in [-0.25, -0.2) is 9.97 Å². The third-order valence-corrected chi connectivity index (χ3v) is 3.66. The van der Waals surface area contributed by atoms with Crippen molar-refractivity contribution in [1.82, 2.24) is 19.7 Å². The fraction of sp³-hybridized carbons (Fsp3) is 0.500. The fourth-order valence-electron chi connectivity index (χ4n) is 2.64. The number of fused-ring (bicyclic) bond motifs is 1. The number of rotatable bonds is 4. The second kappa shape index (κ2) is 5.90. The highest BCUT2D eigenvalue weighted by Gasteiger charge is 2.13. The van der Waals surface area contributed by atoms with E-state index in [2.05, 4.69) is 20.4 Å². The first-order chi connectivity index (χ1) is 9.83. The molecule has 0 saturated heterocycles. The minimum Gasteiger partial charge on any atom is -0.396 e. The van der Waals surface area contributed by atoms with Gasteiger partial charge in [0.05, 0.1) is 18.4 Å². The maximum Gasteiger partial charge on any atom is 0.132 e. The van der Waals surface area contributed by atoms with Gasteiger partial charge in [-0.3, -0.25) is 4.68 Å². The van der Waals surface area contributed by atoms with Gasteiger partial charge in [-0.2, -0.15) is 5.10 Å². The second-order valence-corrected chi connectivity index (χ2v) is 5.17. The van der Waals surface area contributed by atoms with Crippen LogP contribution < -0.4 is 11.1 Å². The number of nitrogens with one attached hydrogen (secondary N) is 1. The van der Waals surface area contributed by atoms with E-state index >= 15 is 0 Å². The first-order valence-electron chi connectivity index (χ1n) is 7.17. The molecule has 2 heterocycles. The van der Waals surface area contributed by atoms with Crippen LogP contribution in [0.4, 0.5) is 11.5 Å². The lowest BCUT2D eigenvalue weighted by atomic mass is 10.1.